The first-order valence-corrected chi connectivity index (χ1v) is 11.6. The lowest BCUT2D eigenvalue weighted by molar-refractivity contribution is -0.385. The lowest BCUT2D eigenvalue weighted by Gasteiger charge is -2.19. The van der Waals surface area contributed by atoms with Gasteiger partial charge in [-0.2, -0.15) is 10.2 Å². The van der Waals surface area contributed by atoms with Crippen molar-refractivity contribution in [1.29, 1.82) is 0 Å². The number of nitro benzene ring substituents is 1. The lowest BCUT2D eigenvalue weighted by Crippen LogP contribution is -2.25. The number of aryl methyl sites for hydroxylation is 1. The third-order valence-corrected chi connectivity index (χ3v) is 5.77. The summed E-state index contributed by atoms with van der Waals surface area (Å²) in [7, 11) is 2.87. The van der Waals surface area contributed by atoms with Crippen LogP contribution in [0.2, 0.25) is 0 Å². The van der Waals surface area contributed by atoms with Crippen LogP contribution in [-0.4, -0.2) is 43.7 Å². The first kappa shape index (κ1) is 27.3. The Morgan fingerprint density at radius 2 is 1.86 bits per heavy atom. The molecule has 0 radical (unpaired) electrons. The topological polar surface area (TPSA) is 144 Å². The number of hydrogen-bond donors (Lipinski definition) is 3. The van der Waals surface area contributed by atoms with Crippen LogP contribution in [0.25, 0.3) is 11.3 Å². The average molecular weight is 525 g/mol. The van der Waals surface area contributed by atoms with Gasteiger partial charge in [-0.25, -0.2) is 4.79 Å². The molecular formula is C25H28N6O5S. The Labute approximate surface area is 219 Å². The largest absolute Gasteiger partial charge is 0.504 e. The van der Waals surface area contributed by atoms with E-state index in [1.165, 1.54) is 23.8 Å². The fourth-order valence-electron chi connectivity index (χ4n) is 3.60. The van der Waals surface area contributed by atoms with Crippen LogP contribution in [-0.2, 0) is 17.2 Å². The Bertz CT molecular complexity index is 1390. The van der Waals surface area contributed by atoms with Gasteiger partial charge >= 0.3 is 5.97 Å². The summed E-state index contributed by atoms with van der Waals surface area (Å²) < 4.78 is 6.15. The number of carbonyl (C=O) groups is 1. The number of hydrazone groups is 1. The predicted molar refractivity (Wildman–Crippen MR) is 145 cm³/mol. The fraction of sp³-hybridized carbons (Fsp3) is 0.280. The summed E-state index contributed by atoms with van der Waals surface area (Å²) in [6.07, 6.45) is 0. The molecule has 3 rings (SSSR count). The molecule has 194 valence electrons. The van der Waals surface area contributed by atoms with Gasteiger partial charge in [0.15, 0.2) is 16.6 Å². The predicted octanol–water partition coefficient (Wildman–Crippen LogP) is 4.50. The van der Waals surface area contributed by atoms with Gasteiger partial charge < -0.3 is 15.2 Å². The van der Waals surface area contributed by atoms with Gasteiger partial charge in [0.1, 0.15) is 11.3 Å². The summed E-state index contributed by atoms with van der Waals surface area (Å²) in [5.41, 5.74) is 5.46. The number of nitro groups is 1. The second kappa shape index (κ2) is 10.7. The van der Waals surface area contributed by atoms with Crippen molar-refractivity contribution in [2.75, 3.05) is 12.4 Å². The lowest BCUT2D eigenvalue weighted by atomic mass is 9.86. The van der Waals surface area contributed by atoms with Crippen molar-refractivity contribution in [3.63, 3.8) is 0 Å². The summed E-state index contributed by atoms with van der Waals surface area (Å²) in [6.45, 7) is 8.05. The first-order chi connectivity index (χ1) is 17.3. The molecule has 0 spiro atoms. The number of ether oxygens (including phenoxy) is 1. The van der Waals surface area contributed by atoms with Gasteiger partial charge in [-0.15, -0.1) is 0 Å². The van der Waals surface area contributed by atoms with Gasteiger partial charge in [-0.1, -0.05) is 45.0 Å². The minimum atomic E-state index is -0.821. The molecule has 1 heterocycles. The summed E-state index contributed by atoms with van der Waals surface area (Å²) in [5, 5.41) is 33.6. The molecule has 0 aliphatic rings. The molecule has 0 amide bonds. The molecule has 0 saturated heterocycles. The molecule has 12 heteroatoms. The fourth-order valence-corrected chi connectivity index (χ4v) is 3.76. The van der Waals surface area contributed by atoms with Crippen LogP contribution in [0.5, 0.6) is 5.75 Å². The Morgan fingerprint density at radius 1 is 1.22 bits per heavy atom. The van der Waals surface area contributed by atoms with Crippen LogP contribution >= 0.6 is 12.2 Å². The number of thiocarbonyl (C=S) groups is 1. The minimum Gasteiger partial charge on any atom is -0.504 e. The van der Waals surface area contributed by atoms with Crippen LogP contribution in [0.3, 0.4) is 0 Å². The number of rotatable bonds is 6. The Balaban J connectivity index is 1.77. The van der Waals surface area contributed by atoms with Crippen molar-refractivity contribution in [3.8, 4) is 17.0 Å². The van der Waals surface area contributed by atoms with E-state index < -0.39 is 16.6 Å². The number of hydrogen-bond acceptors (Lipinski definition) is 8. The minimum absolute atomic E-state index is 0.00781. The molecule has 1 aromatic heterocycles. The van der Waals surface area contributed by atoms with Crippen molar-refractivity contribution in [3.05, 3.63) is 69.4 Å². The maximum atomic E-state index is 11.8. The van der Waals surface area contributed by atoms with Crippen molar-refractivity contribution in [2.24, 2.45) is 12.1 Å². The molecule has 0 bridgehead atoms. The van der Waals surface area contributed by atoms with Crippen molar-refractivity contribution < 1.29 is 19.6 Å². The number of benzene rings is 2. The molecule has 0 aliphatic carbocycles. The Morgan fingerprint density at radius 3 is 2.43 bits per heavy atom. The van der Waals surface area contributed by atoms with E-state index in [0.717, 1.165) is 12.7 Å². The van der Waals surface area contributed by atoms with Gasteiger partial charge in [0.25, 0.3) is 5.69 Å². The van der Waals surface area contributed by atoms with Gasteiger partial charge in [0.2, 0.25) is 0 Å². The van der Waals surface area contributed by atoms with E-state index in [4.69, 9.17) is 12.2 Å². The molecule has 0 fully saturated rings. The van der Waals surface area contributed by atoms with Crippen LogP contribution in [0.15, 0.2) is 47.6 Å². The molecule has 11 nitrogen and oxygen atoms in total. The molecule has 0 unspecified atom stereocenters. The normalized spacial score (nSPS) is 11.7. The number of methoxy groups -OCH3 is 1. The monoisotopic (exact) mass is 524 g/mol. The maximum absolute atomic E-state index is 11.8. The van der Waals surface area contributed by atoms with E-state index in [9.17, 15) is 20.0 Å². The Hall–Kier alpha value is -4.32. The maximum Gasteiger partial charge on any atom is 0.344 e. The molecule has 0 atom stereocenters. The highest BCUT2D eigenvalue weighted by Crippen LogP contribution is 2.33. The number of esters is 1. The molecule has 3 aromatic rings. The third-order valence-electron chi connectivity index (χ3n) is 5.57. The molecule has 37 heavy (non-hydrogen) atoms. The quantitative estimate of drug-likeness (QED) is 0.140. The van der Waals surface area contributed by atoms with E-state index in [-0.39, 0.29) is 33.2 Å². The second-order valence-corrected chi connectivity index (χ2v) is 9.65. The summed E-state index contributed by atoms with van der Waals surface area (Å²) >= 11 is 5.22. The third kappa shape index (κ3) is 6.09. The van der Waals surface area contributed by atoms with Crippen LogP contribution in [0, 0.1) is 10.1 Å². The first-order valence-electron chi connectivity index (χ1n) is 11.2. The second-order valence-electron chi connectivity index (χ2n) is 9.24. The van der Waals surface area contributed by atoms with E-state index in [1.54, 1.807) is 18.7 Å². The van der Waals surface area contributed by atoms with Gasteiger partial charge in [0, 0.05) is 24.4 Å². The zero-order chi connectivity index (χ0) is 27.5. The summed E-state index contributed by atoms with van der Waals surface area (Å²) in [5.74, 6) is -0.846. The van der Waals surface area contributed by atoms with E-state index in [0.29, 0.717) is 11.4 Å². The number of aromatic hydroxyl groups is 1. The van der Waals surface area contributed by atoms with Crippen LogP contribution in [0.1, 0.15) is 49.3 Å². The van der Waals surface area contributed by atoms with E-state index in [2.05, 4.69) is 46.5 Å². The number of nitrogens with one attached hydrogen (secondary N) is 2. The highest BCUT2D eigenvalue weighted by Gasteiger charge is 2.22. The molecule has 0 saturated carbocycles. The number of carbonyl (C=O) groups excluding carboxylic acids is 1. The van der Waals surface area contributed by atoms with Crippen LogP contribution < -0.4 is 10.7 Å². The van der Waals surface area contributed by atoms with Crippen molar-refractivity contribution >= 4 is 40.4 Å². The van der Waals surface area contributed by atoms with Gasteiger partial charge in [-0.05, 0) is 42.3 Å². The summed E-state index contributed by atoms with van der Waals surface area (Å²) in [6, 6.07) is 11.8. The molecule has 0 aliphatic heterocycles. The summed E-state index contributed by atoms with van der Waals surface area (Å²) in [4.78, 5) is 22.4. The van der Waals surface area contributed by atoms with E-state index in [1.807, 2.05) is 24.3 Å². The zero-order valence-electron chi connectivity index (χ0n) is 21.3. The number of nitrogens with zero attached hydrogens (tertiary/aromatic N) is 4. The molecular weight excluding hydrogens is 496 g/mol. The average Bonchev–Trinajstić information content (AvgIpc) is 3.15. The Kier molecular flexibility index (Phi) is 7.92. The SMILES string of the molecule is COC(=O)c1ccc(NC(=S)NN=C(C)c2nn(C)c(-c3ccc(C(C)(C)C)cc3)c2O)cc1[N+](=O)[O-]. The highest BCUT2D eigenvalue weighted by molar-refractivity contribution is 7.80. The number of aromatic nitrogens is 2. The van der Waals surface area contributed by atoms with E-state index >= 15 is 0 Å². The number of anilines is 1. The van der Waals surface area contributed by atoms with Gasteiger partial charge in [0.05, 0.1) is 17.7 Å². The van der Waals surface area contributed by atoms with Gasteiger partial charge in [-0.3, -0.25) is 20.2 Å². The zero-order valence-corrected chi connectivity index (χ0v) is 22.1. The van der Waals surface area contributed by atoms with Crippen molar-refractivity contribution in [1.82, 2.24) is 15.2 Å². The van der Waals surface area contributed by atoms with Crippen molar-refractivity contribution in [2.45, 2.75) is 33.1 Å². The highest BCUT2D eigenvalue weighted by atomic mass is 32.1. The molecule has 2 aromatic carbocycles. The van der Waals surface area contributed by atoms with Crippen LogP contribution in [0.4, 0.5) is 11.4 Å². The molecule has 3 N–H and O–H groups in total. The smallest absolute Gasteiger partial charge is 0.344 e. The standard InChI is InChI=1S/C25H28N6O5S/c1-14(20-22(32)21(30(5)29-20)15-7-9-16(10-8-15)25(2,3)4)27-28-24(37)26-17-11-12-18(23(33)36-6)19(13-17)31(34)35/h7-13,32H,1-6H3,(H2,26,28,37).